The Morgan fingerprint density at radius 3 is 2.46 bits per heavy atom. The maximum atomic E-state index is 13.5. The lowest BCUT2D eigenvalue weighted by Crippen LogP contribution is -2.37. The number of piperidine rings is 1. The first-order valence-corrected chi connectivity index (χ1v) is 12.6. The van der Waals surface area contributed by atoms with Gasteiger partial charge < -0.3 is 20.1 Å². The molecule has 35 heavy (non-hydrogen) atoms. The van der Waals surface area contributed by atoms with E-state index in [1.165, 1.54) is 11.3 Å². The third kappa shape index (κ3) is 4.32. The van der Waals surface area contributed by atoms with E-state index in [0.717, 1.165) is 58.5 Å². The average molecular weight is 488 g/mol. The van der Waals surface area contributed by atoms with Crippen LogP contribution in [0.15, 0.2) is 54.6 Å². The molecule has 1 saturated heterocycles. The number of carbonyl (C=O) groups excluding carboxylic acids is 1. The SMILES string of the molecule is COc1ccc(OC)c(-c2cc(-c3ccccc3)nc3sc(C(=O)N4CCC(C)CC4)c(N)c23)c1. The molecule has 0 unspecified atom stereocenters. The van der Waals surface area contributed by atoms with E-state index in [-0.39, 0.29) is 5.91 Å². The Kier molecular flexibility index (Phi) is 6.34. The molecule has 2 aromatic carbocycles. The minimum absolute atomic E-state index is 0.0118. The molecule has 0 aliphatic carbocycles. The van der Waals surface area contributed by atoms with Crippen molar-refractivity contribution < 1.29 is 14.3 Å². The fraction of sp³-hybridized carbons (Fsp3) is 0.286. The number of likely N-dealkylation sites (tertiary alicyclic amines) is 1. The number of rotatable bonds is 5. The van der Waals surface area contributed by atoms with Crippen molar-refractivity contribution in [1.82, 2.24) is 9.88 Å². The molecule has 4 aromatic rings. The summed E-state index contributed by atoms with van der Waals surface area (Å²) in [7, 11) is 3.28. The van der Waals surface area contributed by atoms with Crippen LogP contribution in [0.4, 0.5) is 5.69 Å². The Balaban J connectivity index is 1.73. The summed E-state index contributed by atoms with van der Waals surface area (Å²) < 4.78 is 11.2. The number of pyridine rings is 1. The molecule has 6 nitrogen and oxygen atoms in total. The van der Waals surface area contributed by atoms with Gasteiger partial charge in [-0.15, -0.1) is 11.3 Å². The maximum Gasteiger partial charge on any atom is 0.266 e. The minimum Gasteiger partial charge on any atom is -0.497 e. The number of aromatic nitrogens is 1. The quantitative estimate of drug-likeness (QED) is 0.368. The summed E-state index contributed by atoms with van der Waals surface area (Å²) in [5, 5.41) is 0.773. The highest BCUT2D eigenvalue weighted by Crippen LogP contribution is 2.45. The number of carbonyl (C=O) groups is 1. The highest BCUT2D eigenvalue weighted by molar-refractivity contribution is 7.21. The van der Waals surface area contributed by atoms with Gasteiger partial charge in [-0.05, 0) is 43.0 Å². The maximum absolute atomic E-state index is 13.5. The summed E-state index contributed by atoms with van der Waals surface area (Å²) in [5.74, 6) is 2.03. The third-order valence-corrected chi connectivity index (χ3v) is 7.82. The van der Waals surface area contributed by atoms with Crippen LogP contribution < -0.4 is 15.2 Å². The molecule has 0 bridgehead atoms. The molecule has 5 rings (SSSR count). The molecule has 1 aliphatic rings. The number of ether oxygens (including phenoxy) is 2. The van der Waals surface area contributed by atoms with E-state index in [1.54, 1.807) is 14.2 Å². The van der Waals surface area contributed by atoms with Gasteiger partial charge in [-0.1, -0.05) is 37.3 Å². The second kappa shape index (κ2) is 9.58. The number of nitrogens with zero attached hydrogens (tertiary/aromatic N) is 2. The summed E-state index contributed by atoms with van der Waals surface area (Å²) in [5.41, 5.74) is 10.7. The lowest BCUT2D eigenvalue weighted by Gasteiger charge is -2.30. The number of nitrogen functional groups attached to an aromatic ring is 1. The monoisotopic (exact) mass is 487 g/mol. The van der Waals surface area contributed by atoms with Crippen molar-refractivity contribution >= 4 is 33.1 Å². The first-order valence-electron chi connectivity index (χ1n) is 11.8. The number of benzene rings is 2. The predicted molar refractivity (Wildman–Crippen MR) is 142 cm³/mol. The van der Waals surface area contributed by atoms with E-state index in [0.29, 0.717) is 28.0 Å². The van der Waals surface area contributed by atoms with Crippen LogP contribution in [0.3, 0.4) is 0 Å². The topological polar surface area (TPSA) is 77.7 Å². The zero-order valence-electron chi connectivity index (χ0n) is 20.2. The number of fused-ring (bicyclic) bond motifs is 1. The van der Waals surface area contributed by atoms with Gasteiger partial charge in [-0.3, -0.25) is 4.79 Å². The first kappa shape index (κ1) is 23.2. The lowest BCUT2D eigenvalue weighted by molar-refractivity contribution is 0.0703. The van der Waals surface area contributed by atoms with Crippen molar-refractivity contribution in [1.29, 1.82) is 0 Å². The number of hydrogen-bond donors (Lipinski definition) is 1. The van der Waals surface area contributed by atoms with Crippen LogP contribution >= 0.6 is 11.3 Å². The molecular formula is C28H29N3O3S. The normalized spacial score (nSPS) is 14.3. The molecule has 0 saturated carbocycles. The van der Waals surface area contributed by atoms with Gasteiger partial charge in [-0.25, -0.2) is 4.98 Å². The van der Waals surface area contributed by atoms with Crippen molar-refractivity contribution in [3.8, 4) is 33.9 Å². The van der Waals surface area contributed by atoms with Crippen molar-refractivity contribution in [3.05, 3.63) is 59.5 Å². The van der Waals surface area contributed by atoms with Crippen LogP contribution in [0.5, 0.6) is 11.5 Å². The Labute approximate surface area is 209 Å². The highest BCUT2D eigenvalue weighted by atomic mass is 32.1. The predicted octanol–water partition coefficient (Wildman–Crippen LogP) is 6.10. The van der Waals surface area contributed by atoms with E-state index < -0.39 is 0 Å². The second-order valence-electron chi connectivity index (χ2n) is 8.99. The highest BCUT2D eigenvalue weighted by Gasteiger charge is 2.28. The second-order valence-corrected chi connectivity index (χ2v) is 9.99. The molecule has 0 spiro atoms. The van der Waals surface area contributed by atoms with Gasteiger partial charge in [0.2, 0.25) is 0 Å². The Bertz CT molecular complexity index is 1380. The van der Waals surface area contributed by atoms with Crippen molar-refractivity contribution in [2.75, 3.05) is 33.0 Å². The molecule has 2 N–H and O–H groups in total. The van der Waals surface area contributed by atoms with Crippen molar-refractivity contribution in [2.24, 2.45) is 5.92 Å². The zero-order valence-corrected chi connectivity index (χ0v) is 21.0. The first-order chi connectivity index (χ1) is 17.0. The van der Waals surface area contributed by atoms with Gasteiger partial charge in [0, 0.05) is 35.2 Å². The van der Waals surface area contributed by atoms with E-state index in [9.17, 15) is 4.79 Å². The van der Waals surface area contributed by atoms with Gasteiger partial charge in [0.05, 0.1) is 25.6 Å². The fourth-order valence-corrected chi connectivity index (χ4v) is 5.72. The fourth-order valence-electron chi connectivity index (χ4n) is 4.63. The van der Waals surface area contributed by atoms with Gasteiger partial charge in [0.1, 0.15) is 21.2 Å². The summed E-state index contributed by atoms with van der Waals surface area (Å²) >= 11 is 1.37. The van der Waals surface area contributed by atoms with E-state index in [4.69, 9.17) is 20.2 Å². The Morgan fingerprint density at radius 1 is 1.03 bits per heavy atom. The van der Waals surface area contributed by atoms with E-state index in [1.807, 2.05) is 59.5 Å². The van der Waals surface area contributed by atoms with Gasteiger partial charge in [0.25, 0.3) is 5.91 Å². The van der Waals surface area contributed by atoms with Crippen LogP contribution in [0, 0.1) is 5.92 Å². The molecule has 0 atom stereocenters. The molecule has 0 radical (unpaired) electrons. The minimum atomic E-state index is -0.0118. The third-order valence-electron chi connectivity index (χ3n) is 6.73. The molecule has 3 heterocycles. The molecule has 2 aromatic heterocycles. The largest absolute Gasteiger partial charge is 0.497 e. The van der Waals surface area contributed by atoms with Gasteiger partial charge >= 0.3 is 0 Å². The van der Waals surface area contributed by atoms with Crippen LogP contribution in [0.1, 0.15) is 29.4 Å². The molecule has 7 heteroatoms. The Morgan fingerprint density at radius 2 is 1.77 bits per heavy atom. The average Bonchev–Trinajstić information content (AvgIpc) is 3.24. The Hall–Kier alpha value is -3.58. The van der Waals surface area contributed by atoms with Crippen LogP contribution in [0.2, 0.25) is 0 Å². The number of nitrogens with two attached hydrogens (primary N) is 1. The molecule has 180 valence electrons. The van der Waals surface area contributed by atoms with Gasteiger partial charge in [0.15, 0.2) is 0 Å². The van der Waals surface area contributed by atoms with Gasteiger partial charge in [-0.2, -0.15) is 0 Å². The van der Waals surface area contributed by atoms with Crippen LogP contribution in [-0.4, -0.2) is 43.1 Å². The summed E-state index contributed by atoms with van der Waals surface area (Å²) in [6.07, 6.45) is 2.03. The molecule has 1 aliphatic heterocycles. The summed E-state index contributed by atoms with van der Waals surface area (Å²) in [4.78, 5) is 21.7. The molecule has 1 amide bonds. The number of methoxy groups -OCH3 is 2. The standard InChI is InChI=1S/C28H29N3O3S/c1-17-11-13-31(14-12-17)28(32)26-25(29)24-21(20-15-19(33-2)9-10-23(20)34-3)16-22(30-27(24)35-26)18-7-5-4-6-8-18/h4-10,15-17H,11-14,29H2,1-3H3. The number of thiophene rings is 1. The van der Waals surface area contributed by atoms with Crippen LogP contribution in [-0.2, 0) is 0 Å². The number of hydrogen-bond acceptors (Lipinski definition) is 6. The number of amides is 1. The van der Waals surface area contributed by atoms with E-state index in [2.05, 4.69) is 6.92 Å². The zero-order chi connectivity index (χ0) is 24.5. The molecular weight excluding hydrogens is 458 g/mol. The van der Waals surface area contributed by atoms with E-state index >= 15 is 0 Å². The lowest BCUT2D eigenvalue weighted by atomic mass is 9.97. The van der Waals surface area contributed by atoms with Crippen molar-refractivity contribution in [3.63, 3.8) is 0 Å². The van der Waals surface area contributed by atoms with Crippen LogP contribution in [0.25, 0.3) is 32.6 Å². The smallest absolute Gasteiger partial charge is 0.266 e. The molecule has 1 fully saturated rings. The number of anilines is 1. The van der Waals surface area contributed by atoms with Crippen molar-refractivity contribution in [2.45, 2.75) is 19.8 Å². The summed E-state index contributed by atoms with van der Waals surface area (Å²) in [6.45, 7) is 3.75. The summed E-state index contributed by atoms with van der Waals surface area (Å²) in [6, 6.07) is 17.7.